The average molecular weight is 239 g/mol. The van der Waals surface area contributed by atoms with E-state index in [4.69, 9.17) is 11.6 Å². The molecule has 1 aliphatic rings. The Morgan fingerprint density at radius 1 is 1.38 bits per heavy atom. The Morgan fingerprint density at radius 3 is 2.81 bits per heavy atom. The van der Waals surface area contributed by atoms with E-state index in [1.165, 1.54) is 37.8 Å². The Hall–Kier alpha value is -0.760. The summed E-state index contributed by atoms with van der Waals surface area (Å²) in [6.07, 6.45) is 8.74. The van der Waals surface area contributed by atoms with Crippen LogP contribution in [-0.4, -0.2) is 18.6 Å². The molecule has 1 aliphatic carbocycles. The molecule has 1 aromatic rings. The van der Waals surface area contributed by atoms with Crippen LogP contribution in [0, 0.1) is 5.92 Å². The summed E-state index contributed by atoms with van der Waals surface area (Å²) in [5.74, 6) is 0.852. The molecule has 0 aliphatic heterocycles. The molecular formula is C13H19ClN2. The summed E-state index contributed by atoms with van der Waals surface area (Å²) < 4.78 is 0. The predicted molar refractivity (Wildman–Crippen MR) is 69.1 cm³/mol. The topological polar surface area (TPSA) is 16.1 Å². The molecule has 0 amide bonds. The number of halogens is 1. The third-order valence-corrected chi connectivity index (χ3v) is 3.61. The Balaban J connectivity index is 1.94. The quantitative estimate of drug-likeness (QED) is 0.746. The first-order valence-corrected chi connectivity index (χ1v) is 6.46. The lowest BCUT2D eigenvalue weighted by atomic mass is 9.89. The zero-order valence-corrected chi connectivity index (χ0v) is 10.6. The summed E-state index contributed by atoms with van der Waals surface area (Å²) in [5.41, 5.74) is 1.17. The van der Waals surface area contributed by atoms with Crippen molar-refractivity contribution < 1.29 is 0 Å². The van der Waals surface area contributed by atoms with E-state index in [9.17, 15) is 0 Å². The maximum Gasteiger partial charge on any atom is 0.131 e. The molecule has 0 atom stereocenters. The molecule has 2 rings (SSSR count). The van der Waals surface area contributed by atoms with Gasteiger partial charge in [0.05, 0.1) is 0 Å². The predicted octanol–water partition coefficient (Wildman–Crippen LogP) is 3.75. The zero-order chi connectivity index (χ0) is 11.4. The smallest absolute Gasteiger partial charge is 0.131 e. The molecule has 0 N–H and O–H groups in total. The third-order valence-electron chi connectivity index (χ3n) is 3.41. The molecule has 16 heavy (non-hydrogen) atoms. The number of nitrogens with zero attached hydrogens (tertiary/aromatic N) is 2. The second kappa shape index (κ2) is 5.53. The van der Waals surface area contributed by atoms with Crippen LogP contribution in [-0.2, 0) is 0 Å². The first kappa shape index (κ1) is 11.7. The number of hydrogen-bond acceptors (Lipinski definition) is 2. The van der Waals surface area contributed by atoms with Crippen molar-refractivity contribution in [2.75, 3.05) is 18.5 Å². The molecule has 1 heterocycles. The molecule has 1 saturated carbocycles. The maximum absolute atomic E-state index is 5.89. The Bertz CT molecular complexity index is 334. The summed E-state index contributed by atoms with van der Waals surface area (Å²) in [6.45, 7) is 1.14. The third kappa shape index (κ3) is 3.11. The highest BCUT2D eigenvalue weighted by Gasteiger charge is 2.15. The van der Waals surface area contributed by atoms with Crippen molar-refractivity contribution in [3.8, 4) is 0 Å². The monoisotopic (exact) mass is 238 g/mol. The number of aromatic nitrogens is 1. The molecule has 1 aromatic heterocycles. The minimum absolute atomic E-state index is 0.577. The normalized spacial score (nSPS) is 17.4. The lowest BCUT2D eigenvalue weighted by Crippen LogP contribution is -2.26. The van der Waals surface area contributed by atoms with E-state index < -0.39 is 0 Å². The molecule has 88 valence electrons. The van der Waals surface area contributed by atoms with Crippen LogP contribution in [0.15, 0.2) is 18.3 Å². The van der Waals surface area contributed by atoms with Gasteiger partial charge in [0.2, 0.25) is 0 Å². The first-order chi connectivity index (χ1) is 7.75. The van der Waals surface area contributed by atoms with E-state index in [2.05, 4.69) is 16.9 Å². The number of hydrogen-bond donors (Lipinski definition) is 0. The van der Waals surface area contributed by atoms with Gasteiger partial charge in [-0.1, -0.05) is 30.9 Å². The van der Waals surface area contributed by atoms with Gasteiger partial charge in [0.25, 0.3) is 0 Å². The minimum Gasteiger partial charge on any atom is -0.374 e. The summed E-state index contributed by atoms with van der Waals surface area (Å²) in [4.78, 5) is 6.30. The van der Waals surface area contributed by atoms with Crippen molar-refractivity contribution >= 4 is 17.3 Å². The van der Waals surface area contributed by atoms with Crippen LogP contribution in [0.4, 0.5) is 5.69 Å². The van der Waals surface area contributed by atoms with Gasteiger partial charge in [0.1, 0.15) is 5.15 Å². The van der Waals surface area contributed by atoms with Gasteiger partial charge < -0.3 is 4.90 Å². The molecular weight excluding hydrogens is 220 g/mol. The molecule has 0 aromatic carbocycles. The van der Waals surface area contributed by atoms with Crippen LogP contribution < -0.4 is 4.90 Å². The van der Waals surface area contributed by atoms with Gasteiger partial charge in [-0.15, -0.1) is 0 Å². The van der Waals surface area contributed by atoms with E-state index in [0.717, 1.165) is 12.5 Å². The van der Waals surface area contributed by atoms with Gasteiger partial charge in [-0.05, 0) is 30.9 Å². The zero-order valence-electron chi connectivity index (χ0n) is 9.82. The summed E-state index contributed by atoms with van der Waals surface area (Å²) in [5, 5.41) is 0.577. The van der Waals surface area contributed by atoms with Crippen molar-refractivity contribution in [3.05, 3.63) is 23.5 Å². The van der Waals surface area contributed by atoms with Crippen LogP contribution in [0.2, 0.25) is 5.15 Å². The highest BCUT2D eigenvalue weighted by molar-refractivity contribution is 6.29. The molecule has 0 bridgehead atoms. The van der Waals surface area contributed by atoms with Crippen LogP contribution in [0.5, 0.6) is 0 Å². The highest BCUT2D eigenvalue weighted by atomic mass is 35.5. The molecule has 3 heteroatoms. The standard InChI is InChI=1S/C13H19ClN2/c1-16(10-11-5-3-2-4-6-11)12-7-8-15-13(14)9-12/h7-9,11H,2-6,10H2,1H3. The molecule has 0 unspecified atom stereocenters. The van der Waals surface area contributed by atoms with Crippen LogP contribution in [0.1, 0.15) is 32.1 Å². The average Bonchev–Trinajstić information content (AvgIpc) is 2.30. The van der Waals surface area contributed by atoms with E-state index >= 15 is 0 Å². The van der Waals surface area contributed by atoms with Gasteiger partial charge in [-0.2, -0.15) is 0 Å². The Morgan fingerprint density at radius 2 is 2.12 bits per heavy atom. The second-order valence-corrected chi connectivity index (χ2v) is 5.11. The van der Waals surface area contributed by atoms with Crippen molar-refractivity contribution in [1.29, 1.82) is 0 Å². The van der Waals surface area contributed by atoms with E-state index in [0.29, 0.717) is 5.15 Å². The SMILES string of the molecule is CN(CC1CCCCC1)c1ccnc(Cl)c1. The number of rotatable bonds is 3. The second-order valence-electron chi connectivity index (χ2n) is 4.72. The van der Waals surface area contributed by atoms with E-state index in [1.54, 1.807) is 6.20 Å². The van der Waals surface area contributed by atoms with Crippen molar-refractivity contribution in [1.82, 2.24) is 4.98 Å². The summed E-state index contributed by atoms with van der Waals surface area (Å²) in [7, 11) is 2.14. The molecule has 2 nitrogen and oxygen atoms in total. The molecule has 0 saturated heterocycles. The molecule has 0 radical (unpaired) electrons. The summed E-state index contributed by atoms with van der Waals surface area (Å²) >= 11 is 5.89. The van der Waals surface area contributed by atoms with Crippen LogP contribution in [0.25, 0.3) is 0 Å². The van der Waals surface area contributed by atoms with Gasteiger partial charge in [-0.25, -0.2) is 4.98 Å². The van der Waals surface area contributed by atoms with Gasteiger partial charge in [0, 0.05) is 25.5 Å². The maximum atomic E-state index is 5.89. The lowest BCUT2D eigenvalue weighted by Gasteiger charge is -2.28. The van der Waals surface area contributed by atoms with Crippen molar-refractivity contribution in [2.45, 2.75) is 32.1 Å². The lowest BCUT2D eigenvalue weighted by molar-refractivity contribution is 0.362. The van der Waals surface area contributed by atoms with Crippen molar-refractivity contribution in [2.24, 2.45) is 5.92 Å². The highest BCUT2D eigenvalue weighted by Crippen LogP contribution is 2.26. The summed E-state index contributed by atoms with van der Waals surface area (Å²) in [6, 6.07) is 3.96. The molecule has 1 fully saturated rings. The fourth-order valence-corrected chi connectivity index (χ4v) is 2.66. The number of anilines is 1. The van der Waals surface area contributed by atoms with Crippen molar-refractivity contribution in [3.63, 3.8) is 0 Å². The Labute approximate surface area is 103 Å². The number of pyridine rings is 1. The Kier molecular flexibility index (Phi) is 4.05. The molecule has 0 spiro atoms. The fraction of sp³-hybridized carbons (Fsp3) is 0.615. The van der Waals surface area contributed by atoms with Crippen LogP contribution >= 0.6 is 11.6 Å². The van der Waals surface area contributed by atoms with Gasteiger partial charge in [-0.3, -0.25) is 0 Å². The largest absolute Gasteiger partial charge is 0.374 e. The van der Waals surface area contributed by atoms with Gasteiger partial charge in [0.15, 0.2) is 0 Å². The first-order valence-electron chi connectivity index (χ1n) is 6.08. The van der Waals surface area contributed by atoms with E-state index in [-0.39, 0.29) is 0 Å². The fourth-order valence-electron chi connectivity index (χ4n) is 2.49. The van der Waals surface area contributed by atoms with Crippen LogP contribution in [0.3, 0.4) is 0 Å². The van der Waals surface area contributed by atoms with E-state index in [1.807, 2.05) is 12.1 Å². The van der Waals surface area contributed by atoms with Gasteiger partial charge >= 0.3 is 0 Å². The minimum atomic E-state index is 0.577.